The van der Waals surface area contributed by atoms with Crippen LogP contribution in [0.25, 0.3) is 0 Å². The maximum atomic E-state index is 11.6. The Morgan fingerprint density at radius 1 is 1.35 bits per heavy atom. The van der Waals surface area contributed by atoms with Crippen molar-refractivity contribution < 1.29 is 9.53 Å². The molecule has 0 aliphatic carbocycles. The highest BCUT2D eigenvalue weighted by Crippen LogP contribution is 2.14. The first-order valence-corrected chi connectivity index (χ1v) is 6.97. The first-order chi connectivity index (χ1) is 9.58. The molecule has 0 heterocycles. The standard InChI is InChI=1S/C15H25N3O2/c1-18(2)10-4-3-9-17-15(19)8-11-20-14-7-5-6-13(16)12-14/h5-7,12H,3-4,8-11,16H2,1-2H3,(H,17,19). The Labute approximate surface area is 121 Å². The molecule has 0 unspecified atom stereocenters. The molecular formula is C15H25N3O2. The van der Waals surface area contributed by atoms with E-state index in [0.717, 1.165) is 25.9 Å². The monoisotopic (exact) mass is 279 g/mol. The van der Waals surface area contributed by atoms with Gasteiger partial charge < -0.3 is 20.7 Å². The Balaban J connectivity index is 2.05. The van der Waals surface area contributed by atoms with E-state index in [1.165, 1.54) is 0 Å². The van der Waals surface area contributed by atoms with Gasteiger partial charge in [-0.1, -0.05) is 6.07 Å². The van der Waals surface area contributed by atoms with Crippen molar-refractivity contribution in [1.82, 2.24) is 10.2 Å². The van der Waals surface area contributed by atoms with Crippen molar-refractivity contribution in [2.75, 3.05) is 39.5 Å². The van der Waals surface area contributed by atoms with Gasteiger partial charge in [-0.15, -0.1) is 0 Å². The number of carbonyl (C=O) groups is 1. The molecule has 0 atom stereocenters. The van der Waals surface area contributed by atoms with Crippen molar-refractivity contribution in [1.29, 1.82) is 0 Å². The molecule has 0 spiro atoms. The molecule has 20 heavy (non-hydrogen) atoms. The number of hydrogen-bond acceptors (Lipinski definition) is 4. The van der Waals surface area contributed by atoms with Gasteiger partial charge in [0.1, 0.15) is 5.75 Å². The summed E-state index contributed by atoms with van der Waals surface area (Å²) < 4.78 is 5.47. The van der Waals surface area contributed by atoms with Crippen LogP contribution >= 0.6 is 0 Å². The first kappa shape index (κ1) is 16.3. The van der Waals surface area contributed by atoms with E-state index in [9.17, 15) is 4.79 Å². The van der Waals surface area contributed by atoms with E-state index in [0.29, 0.717) is 24.5 Å². The fourth-order valence-corrected chi connectivity index (χ4v) is 1.74. The smallest absolute Gasteiger partial charge is 0.223 e. The summed E-state index contributed by atoms with van der Waals surface area (Å²) in [4.78, 5) is 13.7. The van der Waals surface area contributed by atoms with Gasteiger partial charge >= 0.3 is 0 Å². The van der Waals surface area contributed by atoms with Crippen LogP contribution in [0, 0.1) is 0 Å². The minimum absolute atomic E-state index is 0.0266. The van der Waals surface area contributed by atoms with Crippen LogP contribution in [0.2, 0.25) is 0 Å². The minimum Gasteiger partial charge on any atom is -0.493 e. The fraction of sp³-hybridized carbons (Fsp3) is 0.533. The Morgan fingerprint density at radius 3 is 2.85 bits per heavy atom. The van der Waals surface area contributed by atoms with Crippen molar-refractivity contribution in [2.24, 2.45) is 0 Å². The maximum Gasteiger partial charge on any atom is 0.223 e. The van der Waals surface area contributed by atoms with Gasteiger partial charge in [-0.3, -0.25) is 4.79 Å². The summed E-state index contributed by atoms with van der Waals surface area (Å²) >= 11 is 0. The number of nitrogen functional groups attached to an aromatic ring is 1. The molecule has 1 aromatic rings. The maximum absolute atomic E-state index is 11.6. The largest absolute Gasteiger partial charge is 0.493 e. The van der Waals surface area contributed by atoms with Crippen molar-refractivity contribution in [3.63, 3.8) is 0 Å². The molecule has 0 aromatic heterocycles. The highest BCUT2D eigenvalue weighted by molar-refractivity contribution is 5.75. The summed E-state index contributed by atoms with van der Waals surface area (Å²) in [6, 6.07) is 7.21. The molecule has 0 aliphatic rings. The van der Waals surface area contributed by atoms with Gasteiger partial charge in [-0.05, 0) is 45.6 Å². The summed E-state index contributed by atoms with van der Waals surface area (Å²) in [6.07, 6.45) is 2.45. The normalized spacial score (nSPS) is 10.6. The second-order valence-corrected chi connectivity index (χ2v) is 5.03. The van der Waals surface area contributed by atoms with Crippen molar-refractivity contribution in [3.8, 4) is 5.75 Å². The number of nitrogens with one attached hydrogen (secondary N) is 1. The van der Waals surface area contributed by atoms with E-state index in [1.54, 1.807) is 12.1 Å². The van der Waals surface area contributed by atoms with Crippen LogP contribution in [0.5, 0.6) is 5.75 Å². The number of nitrogens with two attached hydrogens (primary N) is 1. The number of benzene rings is 1. The Morgan fingerprint density at radius 2 is 2.15 bits per heavy atom. The molecular weight excluding hydrogens is 254 g/mol. The molecule has 3 N–H and O–H groups in total. The molecule has 0 fully saturated rings. The zero-order valence-corrected chi connectivity index (χ0v) is 12.4. The summed E-state index contributed by atoms with van der Waals surface area (Å²) in [5, 5.41) is 2.89. The van der Waals surface area contributed by atoms with E-state index in [4.69, 9.17) is 10.5 Å². The lowest BCUT2D eigenvalue weighted by Crippen LogP contribution is -2.26. The first-order valence-electron chi connectivity index (χ1n) is 6.97. The second kappa shape index (κ2) is 9.20. The van der Waals surface area contributed by atoms with Gasteiger partial charge in [0.25, 0.3) is 0 Å². The van der Waals surface area contributed by atoms with E-state index >= 15 is 0 Å². The molecule has 1 rings (SSSR count). The van der Waals surface area contributed by atoms with E-state index < -0.39 is 0 Å². The van der Waals surface area contributed by atoms with Gasteiger partial charge in [-0.2, -0.15) is 0 Å². The van der Waals surface area contributed by atoms with E-state index in [2.05, 4.69) is 10.2 Å². The molecule has 5 nitrogen and oxygen atoms in total. The van der Waals surface area contributed by atoms with Gasteiger partial charge in [0, 0.05) is 18.3 Å². The number of ether oxygens (including phenoxy) is 1. The van der Waals surface area contributed by atoms with Gasteiger partial charge in [0.05, 0.1) is 13.0 Å². The van der Waals surface area contributed by atoms with Crippen LogP contribution in [0.1, 0.15) is 19.3 Å². The highest BCUT2D eigenvalue weighted by atomic mass is 16.5. The Hall–Kier alpha value is -1.75. The summed E-state index contributed by atoms with van der Waals surface area (Å²) in [6.45, 7) is 2.15. The third kappa shape index (κ3) is 7.63. The zero-order valence-electron chi connectivity index (χ0n) is 12.4. The third-order valence-electron chi connectivity index (χ3n) is 2.81. The van der Waals surface area contributed by atoms with Gasteiger partial charge in [-0.25, -0.2) is 0 Å². The molecule has 1 aromatic carbocycles. The van der Waals surface area contributed by atoms with Crippen LogP contribution in [-0.4, -0.2) is 44.6 Å². The molecule has 0 saturated heterocycles. The number of nitrogens with zero attached hydrogens (tertiary/aromatic N) is 1. The SMILES string of the molecule is CN(C)CCCCNC(=O)CCOc1cccc(N)c1. The third-order valence-corrected chi connectivity index (χ3v) is 2.81. The molecule has 0 radical (unpaired) electrons. The molecule has 0 bridgehead atoms. The van der Waals surface area contributed by atoms with Gasteiger partial charge in [0.2, 0.25) is 5.91 Å². The number of amides is 1. The lowest BCUT2D eigenvalue weighted by atomic mass is 10.3. The fourth-order valence-electron chi connectivity index (χ4n) is 1.74. The number of hydrogen-bond donors (Lipinski definition) is 2. The average Bonchev–Trinajstić information content (AvgIpc) is 2.38. The van der Waals surface area contributed by atoms with E-state index in [-0.39, 0.29) is 5.91 Å². The molecule has 0 aliphatic heterocycles. The molecule has 112 valence electrons. The van der Waals surface area contributed by atoms with Crippen LogP contribution in [-0.2, 0) is 4.79 Å². The topological polar surface area (TPSA) is 67.6 Å². The summed E-state index contributed by atoms with van der Waals surface area (Å²) in [5.74, 6) is 0.725. The van der Waals surface area contributed by atoms with Crippen molar-refractivity contribution in [2.45, 2.75) is 19.3 Å². The van der Waals surface area contributed by atoms with Crippen LogP contribution in [0.3, 0.4) is 0 Å². The van der Waals surface area contributed by atoms with Gasteiger partial charge in [0.15, 0.2) is 0 Å². The lowest BCUT2D eigenvalue weighted by Gasteiger charge is -2.10. The minimum atomic E-state index is 0.0266. The second-order valence-electron chi connectivity index (χ2n) is 5.03. The quantitative estimate of drug-likeness (QED) is 0.531. The predicted molar refractivity (Wildman–Crippen MR) is 81.8 cm³/mol. The average molecular weight is 279 g/mol. The summed E-state index contributed by atoms with van der Waals surface area (Å²) in [5.41, 5.74) is 6.30. The molecule has 0 saturated carbocycles. The number of anilines is 1. The number of unbranched alkanes of at least 4 members (excludes halogenated alkanes) is 1. The van der Waals surface area contributed by atoms with Crippen LogP contribution < -0.4 is 15.8 Å². The molecule has 1 amide bonds. The number of carbonyl (C=O) groups excluding carboxylic acids is 1. The highest BCUT2D eigenvalue weighted by Gasteiger charge is 2.02. The van der Waals surface area contributed by atoms with Crippen LogP contribution in [0.4, 0.5) is 5.69 Å². The number of rotatable bonds is 9. The van der Waals surface area contributed by atoms with E-state index in [1.807, 2.05) is 26.2 Å². The van der Waals surface area contributed by atoms with Crippen molar-refractivity contribution in [3.05, 3.63) is 24.3 Å². The lowest BCUT2D eigenvalue weighted by molar-refractivity contribution is -0.121. The Kier molecular flexibility index (Phi) is 7.50. The summed E-state index contributed by atoms with van der Waals surface area (Å²) in [7, 11) is 4.10. The van der Waals surface area contributed by atoms with Crippen LogP contribution in [0.15, 0.2) is 24.3 Å². The Bertz CT molecular complexity index is 408. The van der Waals surface area contributed by atoms with Crippen molar-refractivity contribution >= 4 is 11.6 Å². The zero-order chi connectivity index (χ0) is 14.8. The predicted octanol–water partition coefficient (Wildman–Crippen LogP) is 1.50. The molecule has 5 heteroatoms.